The van der Waals surface area contributed by atoms with E-state index in [9.17, 15) is 4.79 Å². The maximum atomic E-state index is 11.3. The van der Waals surface area contributed by atoms with E-state index in [0.717, 1.165) is 12.1 Å². The average Bonchev–Trinajstić information content (AvgIpc) is 2.29. The van der Waals surface area contributed by atoms with E-state index in [4.69, 9.17) is 0 Å². The predicted octanol–water partition coefficient (Wildman–Crippen LogP) is 3.34. The molecule has 0 fully saturated rings. The lowest BCUT2D eigenvalue weighted by Gasteiger charge is -2.10. The summed E-state index contributed by atoms with van der Waals surface area (Å²) in [5.74, 6) is 0.568. The zero-order chi connectivity index (χ0) is 12.0. The highest BCUT2D eigenvalue weighted by molar-refractivity contribution is 5.89. The summed E-state index contributed by atoms with van der Waals surface area (Å²) in [6, 6.07) is 7.86. The van der Waals surface area contributed by atoms with Crippen molar-refractivity contribution in [3.8, 4) is 0 Å². The van der Waals surface area contributed by atoms with E-state index in [1.165, 1.54) is 5.56 Å². The third kappa shape index (κ3) is 3.57. The minimum atomic E-state index is -0.154. The van der Waals surface area contributed by atoms with Gasteiger partial charge in [-0.25, -0.2) is 4.79 Å². The summed E-state index contributed by atoms with van der Waals surface area (Å²) in [6.45, 7) is 6.90. The lowest BCUT2D eigenvalue weighted by molar-refractivity contribution is 0.252. The van der Waals surface area contributed by atoms with Crippen LogP contribution in [0.5, 0.6) is 0 Å². The van der Waals surface area contributed by atoms with Gasteiger partial charge in [0.25, 0.3) is 0 Å². The van der Waals surface area contributed by atoms with Gasteiger partial charge in [-0.3, -0.25) is 0 Å². The van der Waals surface area contributed by atoms with E-state index in [2.05, 4.69) is 36.6 Å². The molecule has 2 amide bonds. The molecule has 1 aromatic carbocycles. The number of amides is 2. The van der Waals surface area contributed by atoms with Gasteiger partial charge in [-0.05, 0) is 37.0 Å². The molecular formula is C13H20N2O. The lowest BCUT2D eigenvalue weighted by Crippen LogP contribution is -2.28. The predicted molar refractivity (Wildman–Crippen MR) is 67.8 cm³/mol. The largest absolute Gasteiger partial charge is 0.338 e. The molecule has 3 nitrogen and oxygen atoms in total. The number of carbonyl (C=O) groups excluding carboxylic acids is 1. The Morgan fingerprint density at radius 2 is 1.88 bits per heavy atom. The minimum Gasteiger partial charge on any atom is -0.338 e. The highest BCUT2D eigenvalue weighted by Crippen LogP contribution is 2.20. The number of rotatable bonds is 4. The average molecular weight is 220 g/mol. The summed E-state index contributed by atoms with van der Waals surface area (Å²) in [6.07, 6.45) is 1.13. The molecule has 0 saturated carbocycles. The van der Waals surface area contributed by atoms with E-state index < -0.39 is 0 Å². The molecule has 16 heavy (non-hydrogen) atoms. The Morgan fingerprint density at radius 1 is 1.25 bits per heavy atom. The molecule has 3 heteroatoms. The van der Waals surface area contributed by atoms with Gasteiger partial charge in [-0.1, -0.05) is 26.0 Å². The van der Waals surface area contributed by atoms with E-state index in [1.807, 2.05) is 19.1 Å². The molecule has 0 spiro atoms. The van der Waals surface area contributed by atoms with Crippen LogP contribution in [0.2, 0.25) is 0 Å². The molecule has 88 valence electrons. The van der Waals surface area contributed by atoms with E-state index in [-0.39, 0.29) is 6.03 Å². The van der Waals surface area contributed by atoms with Gasteiger partial charge < -0.3 is 10.6 Å². The van der Waals surface area contributed by atoms with Crippen molar-refractivity contribution in [2.24, 2.45) is 0 Å². The third-order valence-corrected chi connectivity index (χ3v) is 2.69. The van der Waals surface area contributed by atoms with Crippen LogP contribution in [0.15, 0.2) is 24.3 Å². The standard InChI is InChI=1S/C13H20N2O/c1-4-10(3)11-6-8-12(9-7-11)15-13(16)14-5-2/h6-10H,4-5H2,1-3H3,(H2,14,15,16). The molecule has 0 heterocycles. The van der Waals surface area contributed by atoms with Crippen LogP contribution in [0, 0.1) is 0 Å². The van der Waals surface area contributed by atoms with Gasteiger partial charge in [0, 0.05) is 12.2 Å². The first-order valence-corrected chi connectivity index (χ1v) is 5.82. The van der Waals surface area contributed by atoms with Crippen LogP contribution in [-0.2, 0) is 0 Å². The monoisotopic (exact) mass is 220 g/mol. The Balaban J connectivity index is 2.61. The number of hydrogen-bond donors (Lipinski definition) is 2. The number of carbonyl (C=O) groups is 1. The van der Waals surface area contributed by atoms with Crippen LogP contribution in [0.4, 0.5) is 10.5 Å². The molecule has 0 aromatic heterocycles. The third-order valence-electron chi connectivity index (χ3n) is 2.69. The van der Waals surface area contributed by atoms with Crippen LogP contribution >= 0.6 is 0 Å². The van der Waals surface area contributed by atoms with Crippen molar-refractivity contribution in [2.75, 3.05) is 11.9 Å². The Labute approximate surface area is 97.2 Å². The number of anilines is 1. The molecule has 0 saturated heterocycles. The van der Waals surface area contributed by atoms with Crippen molar-refractivity contribution in [1.29, 1.82) is 0 Å². The van der Waals surface area contributed by atoms with Crippen LogP contribution in [0.25, 0.3) is 0 Å². The molecule has 2 N–H and O–H groups in total. The van der Waals surface area contributed by atoms with Gasteiger partial charge in [-0.15, -0.1) is 0 Å². The van der Waals surface area contributed by atoms with Crippen LogP contribution in [0.1, 0.15) is 38.7 Å². The number of urea groups is 1. The first-order chi connectivity index (χ1) is 7.67. The van der Waals surface area contributed by atoms with Gasteiger partial charge in [0.1, 0.15) is 0 Å². The smallest absolute Gasteiger partial charge is 0.319 e. The maximum absolute atomic E-state index is 11.3. The van der Waals surface area contributed by atoms with E-state index >= 15 is 0 Å². The molecule has 0 bridgehead atoms. The highest BCUT2D eigenvalue weighted by Gasteiger charge is 2.03. The summed E-state index contributed by atoms with van der Waals surface area (Å²) in [5.41, 5.74) is 2.14. The molecule has 0 aliphatic carbocycles. The van der Waals surface area contributed by atoms with Crippen molar-refractivity contribution in [3.05, 3.63) is 29.8 Å². The normalized spacial score (nSPS) is 11.9. The summed E-state index contributed by atoms with van der Waals surface area (Å²) < 4.78 is 0. The summed E-state index contributed by atoms with van der Waals surface area (Å²) in [7, 11) is 0. The Morgan fingerprint density at radius 3 is 2.38 bits per heavy atom. The second-order valence-electron chi connectivity index (χ2n) is 3.92. The molecular weight excluding hydrogens is 200 g/mol. The molecule has 1 atom stereocenters. The molecule has 0 aliphatic heterocycles. The molecule has 1 rings (SSSR count). The highest BCUT2D eigenvalue weighted by atomic mass is 16.2. The fraction of sp³-hybridized carbons (Fsp3) is 0.462. The van der Waals surface area contributed by atoms with Crippen molar-refractivity contribution >= 4 is 11.7 Å². The van der Waals surface area contributed by atoms with E-state index in [1.54, 1.807) is 0 Å². The second kappa shape index (κ2) is 6.16. The Hall–Kier alpha value is -1.51. The molecule has 0 aliphatic rings. The Kier molecular flexibility index (Phi) is 4.83. The van der Waals surface area contributed by atoms with Gasteiger partial charge in [-0.2, -0.15) is 0 Å². The minimum absolute atomic E-state index is 0.154. The molecule has 1 unspecified atom stereocenters. The molecule has 0 radical (unpaired) electrons. The lowest BCUT2D eigenvalue weighted by atomic mass is 9.99. The van der Waals surface area contributed by atoms with Crippen molar-refractivity contribution < 1.29 is 4.79 Å². The van der Waals surface area contributed by atoms with Gasteiger partial charge in [0.05, 0.1) is 0 Å². The second-order valence-corrected chi connectivity index (χ2v) is 3.92. The fourth-order valence-electron chi connectivity index (χ4n) is 1.47. The zero-order valence-electron chi connectivity index (χ0n) is 10.2. The zero-order valence-corrected chi connectivity index (χ0v) is 10.2. The van der Waals surface area contributed by atoms with Crippen molar-refractivity contribution in [3.63, 3.8) is 0 Å². The SMILES string of the molecule is CCNC(=O)Nc1ccc(C(C)CC)cc1. The Bertz CT molecular complexity index is 332. The molecule has 1 aromatic rings. The van der Waals surface area contributed by atoms with E-state index in [0.29, 0.717) is 12.5 Å². The van der Waals surface area contributed by atoms with Crippen LogP contribution < -0.4 is 10.6 Å². The van der Waals surface area contributed by atoms with Gasteiger partial charge >= 0.3 is 6.03 Å². The maximum Gasteiger partial charge on any atom is 0.319 e. The quantitative estimate of drug-likeness (QED) is 0.802. The summed E-state index contributed by atoms with van der Waals surface area (Å²) in [4.78, 5) is 11.3. The fourth-order valence-corrected chi connectivity index (χ4v) is 1.47. The topological polar surface area (TPSA) is 41.1 Å². The number of hydrogen-bond acceptors (Lipinski definition) is 1. The van der Waals surface area contributed by atoms with Crippen LogP contribution in [0.3, 0.4) is 0 Å². The number of nitrogens with one attached hydrogen (secondary N) is 2. The van der Waals surface area contributed by atoms with Crippen LogP contribution in [-0.4, -0.2) is 12.6 Å². The first kappa shape index (κ1) is 12.6. The summed E-state index contributed by atoms with van der Waals surface area (Å²) >= 11 is 0. The first-order valence-electron chi connectivity index (χ1n) is 5.82. The summed E-state index contributed by atoms with van der Waals surface area (Å²) in [5, 5.41) is 5.47. The number of benzene rings is 1. The van der Waals surface area contributed by atoms with Gasteiger partial charge in [0.2, 0.25) is 0 Å². The van der Waals surface area contributed by atoms with Crippen molar-refractivity contribution in [1.82, 2.24) is 5.32 Å². The van der Waals surface area contributed by atoms with Crippen molar-refractivity contribution in [2.45, 2.75) is 33.1 Å². The van der Waals surface area contributed by atoms with Gasteiger partial charge in [0.15, 0.2) is 0 Å².